The molecule has 0 fully saturated rings. The second kappa shape index (κ2) is 5.35. The Morgan fingerprint density at radius 1 is 1.10 bits per heavy atom. The molecule has 0 aliphatic heterocycles. The van der Waals surface area contributed by atoms with E-state index in [-0.39, 0.29) is 6.04 Å². The van der Waals surface area contributed by atoms with Crippen LogP contribution < -0.4 is 5.73 Å². The standard InChI is InChI=1S/C17H18N2S/c1-11-7-12(2)9-13(8-11)10-14(18)17-19-15-5-3-4-6-16(15)20-17/h3-9,14H,10,18H2,1-2H3. The van der Waals surface area contributed by atoms with Gasteiger partial charge in [0, 0.05) is 0 Å². The fourth-order valence-electron chi connectivity index (χ4n) is 2.58. The first-order valence-electron chi connectivity index (χ1n) is 6.80. The van der Waals surface area contributed by atoms with Crippen molar-refractivity contribution in [2.45, 2.75) is 26.3 Å². The van der Waals surface area contributed by atoms with E-state index in [0.29, 0.717) is 0 Å². The van der Waals surface area contributed by atoms with E-state index in [9.17, 15) is 0 Å². The number of thiazole rings is 1. The maximum Gasteiger partial charge on any atom is 0.111 e. The van der Waals surface area contributed by atoms with Crippen molar-refractivity contribution < 1.29 is 0 Å². The van der Waals surface area contributed by atoms with E-state index in [2.05, 4.69) is 43.1 Å². The summed E-state index contributed by atoms with van der Waals surface area (Å²) in [6, 6.07) is 14.8. The van der Waals surface area contributed by atoms with Crippen LogP contribution >= 0.6 is 11.3 Å². The first-order valence-corrected chi connectivity index (χ1v) is 7.62. The Kier molecular flexibility index (Phi) is 3.55. The van der Waals surface area contributed by atoms with Crippen molar-refractivity contribution in [3.05, 3.63) is 64.2 Å². The Morgan fingerprint density at radius 3 is 2.50 bits per heavy atom. The second-order valence-corrected chi connectivity index (χ2v) is 6.39. The average molecular weight is 282 g/mol. The third kappa shape index (κ3) is 2.74. The number of rotatable bonds is 3. The van der Waals surface area contributed by atoms with Crippen molar-refractivity contribution in [1.29, 1.82) is 0 Å². The number of fused-ring (bicyclic) bond motifs is 1. The van der Waals surface area contributed by atoms with Gasteiger partial charge in [0.15, 0.2) is 0 Å². The molecule has 1 aromatic heterocycles. The van der Waals surface area contributed by atoms with Crippen molar-refractivity contribution in [2.75, 3.05) is 0 Å². The molecule has 3 aromatic rings. The number of nitrogens with two attached hydrogens (primary N) is 1. The molecule has 3 rings (SSSR count). The Labute approximate surface area is 123 Å². The lowest BCUT2D eigenvalue weighted by Crippen LogP contribution is -2.13. The molecule has 0 spiro atoms. The largest absolute Gasteiger partial charge is 0.322 e. The molecule has 0 saturated heterocycles. The molecule has 2 aromatic carbocycles. The monoisotopic (exact) mass is 282 g/mol. The molecule has 1 atom stereocenters. The normalized spacial score (nSPS) is 12.8. The fraction of sp³-hybridized carbons (Fsp3) is 0.235. The van der Waals surface area contributed by atoms with Crippen LogP contribution in [-0.4, -0.2) is 4.98 Å². The van der Waals surface area contributed by atoms with Crippen LogP contribution in [0, 0.1) is 13.8 Å². The van der Waals surface area contributed by atoms with Crippen LogP contribution in [0.15, 0.2) is 42.5 Å². The van der Waals surface area contributed by atoms with E-state index < -0.39 is 0 Å². The van der Waals surface area contributed by atoms with Crippen molar-refractivity contribution in [2.24, 2.45) is 5.73 Å². The minimum Gasteiger partial charge on any atom is -0.322 e. The van der Waals surface area contributed by atoms with Gasteiger partial charge in [-0.15, -0.1) is 11.3 Å². The van der Waals surface area contributed by atoms with Gasteiger partial charge in [0.05, 0.1) is 16.3 Å². The maximum absolute atomic E-state index is 6.34. The molecule has 0 saturated carbocycles. The van der Waals surface area contributed by atoms with Gasteiger partial charge in [-0.05, 0) is 38.0 Å². The zero-order valence-electron chi connectivity index (χ0n) is 11.8. The number of aromatic nitrogens is 1. The minimum absolute atomic E-state index is 0.0337. The maximum atomic E-state index is 6.34. The summed E-state index contributed by atoms with van der Waals surface area (Å²) in [4.78, 5) is 4.65. The SMILES string of the molecule is Cc1cc(C)cc(CC(N)c2nc3ccccc3s2)c1. The Hall–Kier alpha value is -1.71. The molecular weight excluding hydrogens is 264 g/mol. The van der Waals surface area contributed by atoms with E-state index in [4.69, 9.17) is 5.73 Å². The third-order valence-electron chi connectivity index (χ3n) is 3.36. The summed E-state index contributed by atoms with van der Waals surface area (Å²) in [5.74, 6) is 0. The number of benzene rings is 2. The van der Waals surface area contributed by atoms with Gasteiger partial charge >= 0.3 is 0 Å². The molecule has 0 amide bonds. The first kappa shape index (κ1) is 13.3. The zero-order chi connectivity index (χ0) is 14.1. The van der Waals surface area contributed by atoms with Crippen LogP contribution in [-0.2, 0) is 6.42 Å². The fourth-order valence-corrected chi connectivity index (χ4v) is 3.55. The molecule has 20 heavy (non-hydrogen) atoms. The third-order valence-corrected chi connectivity index (χ3v) is 4.53. The molecule has 3 heteroatoms. The Morgan fingerprint density at radius 2 is 1.80 bits per heavy atom. The Bertz CT molecular complexity index is 692. The van der Waals surface area contributed by atoms with E-state index in [1.165, 1.54) is 21.4 Å². The van der Waals surface area contributed by atoms with Crippen molar-refractivity contribution in [1.82, 2.24) is 4.98 Å². The smallest absolute Gasteiger partial charge is 0.111 e. The molecule has 2 nitrogen and oxygen atoms in total. The summed E-state index contributed by atoms with van der Waals surface area (Å²) in [6.07, 6.45) is 0.836. The highest BCUT2D eigenvalue weighted by atomic mass is 32.1. The lowest BCUT2D eigenvalue weighted by molar-refractivity contribution is 0.716. The van der Waals surface area contributed by atoms with Crippen molar-refractivity contribution >= 4 is 21.6 Å². The molecule has 2 N–H and O–H groups in total. The lowest BCUT2D eigenvalue weighted by Gasteiger charge is -2.10. The van der Waals surface area contributed by atoms with Gasteiger partial charge in [-0.1, -0.05) is 41.5 Å². The number of aryl methyl sites for hydroxylation is 2. The van der Waals surface area contributed by atoms with Gasteiger partial charge in [0.25, 0.3) is 0 Å². The molecule has 0 bridgehead atoms. The van der Waals surface area contributed by atoms with E-state index in [1.807, 2.05) is 18.2 Å². The summed E-state index contributed by atoms with van der Waals surface area (Å²) in [5.41, 5.74) is 11.2. The Balaban J connectivity index is 1.86. The molecular formula is C17H18N2S. The summed E-state index contributed by atoms with van der Waals surface area (Å²) < 4.78 is 1.21. The van der Waals surface area contributed by atoms with E-state index >= 15 is 0 Å². The van der Waals surface area contributed by atoms with Gasteiger partial charge in [-0.2, -0.15) is 0 Å². The van der Waals surface area contributed by atoms with Gasteiger partial charge in [0.1, 0.15) is 5.01 Å². The molecule has 0 radical (unpaired) electrons. The zero-order valence-corrected chi connectivity index (χ0v) is 12.6. The van der Waals surface area contributed by atoms with Crippen molar-refractivity contribution in [3.8, 4) is 0 Å². The van der Waals surface area contributed by atoms with Gasteiger partial charge in [-0.3, -0.25) is 0 Å². The topological polar surface area (TPSA) is 38.9 Å². The number of para-hydroxylation sites is 1. The highest BCUT2D eigenvalue weighted by Crippen LogP contribution is 2.27. The van der Waals surface area contributed by atoms with E-state index in [1.54, 1.807) is 11.3 Å². The summed E-state index contributed by atoms with van der Waals surface area (Å²) in [6.45, 7) is 4.25. The number of hydrogen-bond donors (Lipinski definition) is 1. The summed E-state index contributed by atoms with van der Waals surface area (Å²) >= 11 is 1.70. The number of hydrogen-bond acceptors (Lipinski definition) is 3. The predicted molar refractivity (Wildman–Crippen MR) is 86.2 cm³/mol. The van der Waals surface area contributed by atoms with Crippen LogP contribution in [0.25, 0.3) is 10.2 Å². The summed E-state index contributed by atoms with van der Waals surface area (Å²) in [7, 11) is 0. The van der Waals surface area contributed by atoms with Gasteiger partial charge in [-0.25, -0.2) is 4.98 Å². The van der Waals surface area contributed by atoms with Crippen molar-refractivity contribution in [3.63, 3.8) is 0 Å². The van der Waals surface area contributed by atoms with E-state index in [0.717, 1.165) is 16.9 Å². The van der Waals surface area contributed by atoms with Gasteiger partial charge in [0.2, 0.25) is 0 Å². The number of nitrogens with zero attached hydrogens (tertiary/aromatic N) is 1. The van der Waals surface area contributed by atoms with Crippen LogP contribution in [0.2, 0.25) is 0 Å². The average Bonchev–Trinajstić information content (AvgIpc) is 2.81. The second-order valence-electron chi connectivity index (χ2n) is 5.33. The quantitative estimate of drug-likeness (QED) is 0.783. The first-order chi connectivity index (χ1) is 9.61. The summed E-state index contributed by atoms with van der Waals surface area (Å²) in [5, 5.41) is 1.02. The lowest BCUT2D eigenvalue weighted by atomic mass is 10.0. The molecule has 102 valence electrons. The van der Waals surface area contributed by atoms with Gasteiger partial charge < -0.3 is 5.73 Å². The van der Waals surface area contributed by atoms with Crippen LogP contribution in [0.4, 0.5) is 0 Å². The minimum atomic E-state index is -0.0337. The molecule has 0 aliphatic rings. The molecule has 1 heterocycles. The van der Waals surface area contributed by atoms with Crippen LogP contribution in [0.3, 0.4) is 0 Å². The molecule has 0 aliphatic carbocycles. The van der Waals surface area contributed by atoms with Crippen LogP contribution in [0.1, 0.15) is 27.7 Å². The van der Waals surface area contributed by atoms with Crippen LogP contribution in [0.5, 0.6) is 0 Å². The highest BCUT2D eigenvalue weighted by molar-refractivity contribution is 7.18. The highest BCUT2D eigenvalue weighted by Gasteiger charge is 2.13. The predicted octanol–water partition coefficient (Wildman–Crippen LogP) is 4.16. The molecule has 1 unspecified atom stereocenters.